The van der Waals surface area contributed by atoms with Gasteiger partial charge in [0.2, 0.25) is 0 Å². The molecule has 1 rings (SSSR count). The molecule has 2 unspecified atom stereocenters. The first-order chi connectivity index (χ1) is 7.71. The third-order valence-corrected chi connectivity index (χ3v) is 4.04. The van der Waals surface area contributed by atoms with E-state index in [1.54, 1.807) is 0 Å². The van der Waals surface area contributed by atoms with E-state index in [9.17, 15) is 5.11 Å². The fourth-order valence-corrected chi connectivity index (χ4v) is 1.83. The summed E-state index contributed by atoms with van der Waals surface area (Å²) in [6.07, 6.45) is 0.338. The first kappa shape index (κ1) is 14.5. The summed E-state index contributed by atoms with van der Waals surface area (Å²) < 4.78 is 0. The predicted octanol–water partition coefficient (Wildman–Crippen LogP) is 4.75. The summed E-state index contributed by atoms with van der Waals surface area (Å²) in [5.41, 5.74) is 2.18. The molecule has 1 aromatic carbocycles. The van der Waals surface area contributed by atoms with E-state index in [2.05, 4.69) is 27.7 Å². The molecule has 0 aliphatic heterocycles. The smallest absolute Gasteiger partial charge is 0.0793 e. The van der Waals surface area contributed by atoms with E-state index in [0.29, 0.717) is 5.92 Å². The zero-order chi connectivity index (χ0) is 13.2. The van der Waals surface area contributed by atoms with E-state index >= 15 is 0 Å². The van der Waals surface area contributed by atoms with Gasteiger partial charge in [0.25, 0.3) is 0 Å². The third kappa shape index (κ3) is 4.01. The lowest BCUT2D eigenvalue weighted by Gasteiger charge is -2.29. The van der Waals surface area contributed by atoms with Crippen molar-refractivity contribution < 1.29 is 5.11 Å². The van der Waals surface area contributed by atoms with E-state index in [-0.39, 0.29) is 5.41 Å². The number of halogens is 1. The number of hydrogen-bond acceptors (Lipinski definition) is 1. The minimum absolute atomic E-state index is 0.218. The zero-order valence-electron chi connectivity index (χ0n) is 11.4. The van der Waals surface area contributed by atoms with Gasteiger partial charge in [0, 0.05) is 5.02 Å². The number of rotatable bonds is 3. The van der Waals surface area contributed by atoms with Crippen LogP contribution >= 0.6 is 11.6 Å². The minimum atomic E-state index is -0.428. The first-order valence-electron chi connectivity index (χ1n) is 6.16. The first-order valence-corrected chi connectivity index (χ1v) is 6.53. The highest BCUT2D eigenvalue weighted by atomic mass is 35.5. The Labute approximate surface area is 110 Å². The van der Waals surface area contributed by atoms with E-state index in [1.165, 1.54) is 0 Å². The molecular formula is C15H23ClO. The Morgan fingerprint density at radius 2 is 1.88 bits per heavy atom. The Morgan fingerprint density at radius 3 is 2.35 bits per heavy atom. The average molecular weight is 255 g/mol. The van der Waals surface area contributed by atoms with Gasteiger partial charge in [-0.1, -0.05) is 51.4 Å². The molecule has 0 spiro atoms. The monoisotopic (exact) mass is 254 g/mol. The van der Waals surface area contributed by atoms with Crippen LogP contribution in [0, 0.1) is 18.3 Å². The standard InChI is InChI=1S/C15H23ClO/c1-10-6-7-12(9-13(10)16)14(17)8-11(2)15(3,4)5/h6-7,9,11,14,17H,8H2,1-5H3. The van der Waals surface area contributed by atoms with Gasteiger partial charge in [0.05, 0.1) is 6.10 Å². The maximum atomic E-state index is 10.2. The van der Waals surface area contributed by atoms with Crippen molar-refractivity contribution in [2.75, 3.05) is 0 Å². The highest BCUT2D eigenvalue weighted by Crippen LogP contribution is 2.34. The van der Waals surface area contributed by atoms with Gasteiger partial charge in [0.15, 0.2) is 0 Å². The topological polar surface area (TPSA) is 20.2 Å². The molecule has 2 atom stereocenters. The van der Waals surface area contributed by atoms with Crippen LogP contribution in [0.25, 0.3) is 0 Å². The van der Waals surface area contributed by atoms with Crippen LogP contribution in [0.2, 0.25) is 5.02 Å². The van der Waals surface area contributed by atoms with Crippen LogP contribution in [-0.2, 0) is 0 Å². The van der Waals surface area contributed by atoms with Crippen LogP contribution in [0.1, 0.15) is 51.3 Å². The van der Waals surface area contributed by atoms with E-state index < -0.39 is 6.10 Å². The fraction of sp³-hybridized carbons (Fsp3) is 0.600. The van der Waals surface area contributed by atoms with E-state index in [0.717, 1.165) is 22.6 Å². The minimum Gasteiger partial charge on any atom is -0.388 e. The highest BCUT2D eigenvalue weighted by molar-refractivity contribution is 6.31. The molecule has 0 saturated carbocycles. The lowest BCUT2D eigenvalue weighted by molar-refractivity contribution is 0.111. The van der Waals surface area contributed by atoms with E-state index in [1.807, 2.05) is 25.1 Å². The molecule has 1 aromatic rings. The summed E-state index contributed by atoms with van der Waals surface area (Å²) in [7, 11) is 0. The van der Waals surface area contributed by atoms with Crippen molar-refractivity contribution in [3.63, 3.8) is 0 Å². The van der Waals surface area contributed by atoms with Crippen molar-refractivity contribution in [2.45, 2.75) is 47.1 Å². The Balaban J connectivity index is 2.76. The Hall–Kier alpha value is -0.530. The quantitative estimate of drug-likeness (QED) is 0.825. The molecule has 0 radical (unpaired) electrons. The van der Waals surface area contributed by atoms with Gasteiger partial charge in [-0.05, 0) is 41.9 Å². The van der Waals surface area contributed by atoms with Crippen LogP contribution < -0.4 is 0 Å². The lowest BCUT2D eigenvalue weighted by atomic mass is 9.78. The lowest BCUT2D eigenvalue weighted by Crippen LogP contribution is -2.19. The van der Waals surface area contributed by atoms with Gasteiger partial charge in [-0.2, -0.15) is 0 Å². The molecule has 1 N–H and O–H groups in total. The van der Waals surface area contributed by atoms with Crippen LogP contribution in [0.15, 0.2) is 18.2 Å². The van der Waals surface area contributed by atoms with Crippen molar-refractivity contribution in [1.82, 2.24) is 0 Å². The molecule has 0 aliphatic carbocycles. The second-order valence-corrected chi connectivity index (χ2v) is 6.43. The van der Waals surface area contributed by atoms with Gasteiger partial charge in [0.1, 0.15) is 0 Å². The fourth-order valence-electron chi connectivity index (χ4n) is 1.64. The predicted molar refractivity (Wildman–Crippen MR) is 74.4 cm³/mol. The Morgan fingerprint density at radius 1 is 1.29 bits per heavy atom. The molecule has 0 saturated heterocycles. The van der Waals surface area contributed by atoms with Crippen molar-refractivity contribution in [2.24, 2.45) is 11.3 Å². The molecule has 0 aliphatic rings. The largest absolute Gasteiger partial charge is 0.388 e. The van der Waals surface area contributed by atoms with Gasteiger partial charge in [-0.3, -0.25) is 0 Å². The summed E-state index contributed by atoms with van der Waals surface area (Å²) in [4.78, 5) is 0. The summed E-state index contributed by atoms with van der Waals surface area (Å²) in [5.74, 6) is 0.456. The second-order valence-electron chi connectivity index (χ2n) is 6.03. The number of aliphatic hydroxyl groups excluding tert-OH is 1. The second kappa shape index (κ2) is 5.41. The van der Waals surface area contributed by atoms with E-state index in [4.69, 9.17) is 11.6 Å². The molecule has 0 aromatic heterocycles. The molecule has 17 heavy (non-hydrogen) atoms. The number of benzene rings is 1. The van der Waals surface area contributed by atoms with Crippen LogP contribution in [0.5, 0.6) is 0 Å². The normalized spacial score (nSPS) is 15.7. The maximum Gasteiger partial charge on any atom is 0.0793 e. The van der Waals surface area contributed by atoms with Crippen LogP contribution in [0.4, 0.5) is 0 Å². The van der Waals surface area contributed by atoms with Gasteiger partial charge in [-0.25, -0.2) is 0 Å². The average Bonchev–Trinajstić information content (AvgIpc) is 2.20. The van der Waals surface area contributed by atoms with Gasteiger partial charge in [-0.15, -0.1) is 0 Å². The molecule has 1 nitrogen and oxygen atoms in total. The summed E-state index contributed by atoms with van der Waals surface area (Å²) in [6, 6.07) is 5.79. The summed E-state index contributed by atoms with van der Waals surface area (Å²) >= 11 is 6.07. The molecular weight excluding hydrogens is 232 g/mol. The molecule has 2 heteroatoms. The Bertz CT molecular complexity index is 379. The van der Waals surface area contributed by atoms with Crippen molar-refractivity contribution in [3.8, 4) is 0 Å². The highest BCUT2D eigenvalue weighted by Gasteiger charge is 2.23. The van der Waals surface area contributed by atoms with Crippen molar-refractivity contribution in [1.29, 1.82) is 0 Å². The molecule has 0 bridgehead atoms. The van der Waals surface area contributed by atoms with Crippen LogP contribution in [0.3, 0.4) is 0 Å². The molecule has 0 heterocycles. The summed E-state index contributed by atoms with van der Waals surface area (Å²) in [5, 5.41) is 10.9. The van der Waals surface area contributed by atoms with Crippen LogP contribution in [-0.4, -0.2) is 5.11 Å². The molecule has 0 amide bonds. The third-order valence-electron chi connectivity index (χ3n) is 3.64. The molecule has 0 fully saturated rings. The van der Waals surface area contributed by atoms with Gasteiger partial charge >= 0.3 is 0 Å². The zero-order valence-corrected chi connectivity index (χ0v) is 12.2. The Kier molecular flexibility index (Phi) is 4.62. The van der Waals surface area contributed by atoms with Crippen molar-refractivity contribution >= 4 is 11.6 Å². The summed E-state index contributed by atoms with van der Waals surface area (Å²) in [6.45, 7) is 10.8. The van der Waals surface area contributed by atoms with Crippen molar-refractivity contribution in [3.05, 3.63) is 34.3 Å². The number of aryl methyl sites for hydroxylation is 1. The molecule has 96 valence electrons. The number of aliphatic hydroxyl groups is 1. The SMILES string of the molecule is Cc1ccc(C(O)CC(C)C(C)(C)C)cc1Cl. The van der Waals surface area contributed by atoms with Gasteiger partial charge < -0.3 is 5.11 Å². The number of hydrogen-bond donors (Lipinski definition) is 1. The maximum absolute atomic E-state index is 10.2.